The molecule has 11 heteroatoms. The summed E-state index contributed by atoms with van der Waals surface area (Å²) in [5.41, 5.74) is 12.6. The molecule has 2 heterocycles. The Balaban J connectivity index is 0.000000233. The fourth-order valence-electron chi connectivity index (χ4n) is 31.9. The predicted molar refractivity (Wildman–Crippen MR) is 634 cm³/mol. The summed E-state index contributed by atoms with van der Waals surface area (Å²) in [6.07, 6.45) is 63.3. The van der Waals surface area contributed by atoms with Crippen LogP contribution in [0, 0.1) is 117 Å². The number of benzene rings is 2. The van der Waals surface area contributed by atoms with Gasteiger partial charge in [-0.05, 0) is 130 Å². The van der Waals surface area contributed by atoms with E-state index in [1.165, 1.54) is 314 Å². The first-order chi connectivity index (χ1) is 61.9. The third kappa shape index (κ3) is 34.0. The van der Waals surface area contributed by atoms with Crippen LogP contribution in [0.5, 0.6) is 0 Å². The second-order valence-electron chi connectivity index (χ2n) is 57.2. The largest absolute Gasteiger partial charge is 0.207 e. The Hall–Kier alpha value is -0.542. The number of unbranched alkanes of at least 4 members (excludes halogenated alkanes) is 4. The van der Waals surface area contributed by atoms with Crippen molar-refractivity contribution in [2.45, 2.75) is 631 Å². The Bertz CT molecular complexity index is 3300. The zero-order chi connectivity index (χ0) is 100.0. The Morgan fingerprint density at radius 2 is 0.647 bits per heavy atom. The Morgan fingerprint density at radius 3 is 0.910 bits per heavy atom. The van der Waals surface area contributed by atoms with Gasteiger partial charge in [0.2, 0.25) is 6.71 Å². The highest BCUT2D eigenvalue weighted by atomic mass is 28.4. The van der Waals surface area contributed by atoms with Gasteiger partial charge < -0.3 is 0 Å². The molecule has 0 N–H and O–H groups in total. The van der Waals surface area contributed by atoms with Gasteiger partial charge in [-0.1, -0.05) is 646 Å². The summed E-state index contributed by atoms with van der Waals surface area (Å²) in [6, 6.07) is 9.21. The van der Waals surface area contributed by atoms with Crippen molar-refractivity contribution in [2.24, 2.45) is 75.9 Å². The summed E-state index contributed by atoms with van der Waals surface area (Å²) in [6.45, 7) is 109. The van der Waals surface area contributed by atoms with Crippen molar-refractivity contribution in [1.82, 2.24) is 0 Å². The van der Waals surface area contributed by atoms with E-state index in [0.717, 1.165) is 176 Å². The molecular formula is C122H235B9Si2. The second kappa shape index (κ2) is 55.1. The van der Waals surface area contributed by atoms with E-state index in [0.29, 0.717) is 33.5 Å². The monoisotopic (exact) mass is 1860 g/mol. The predicted octanol–water partition coefficient (Wildman–Crippen LogP) is 40.7. The molecule has 12 saturated carbocycles. The average molecular weight is 1860 g/mol. The van der Waals surface area contributed by atoms with E-state index in [-0.39, 0.29) is 0 Å². The third-order valence-corrected chi connectivity index (χ3v) is 55.8. The molecule has 12 aliphatic carbocycles. The first-order valence-corrected chi connectivity index (χ1v) is 67.2. The maximum Gasteiger partial charge on any atom is 0.207 e. The molecule has 0 amide bonds. The van der Waals surface area contributed by atoms with E-state index >= 15 is 0 Å². The van der Waals surface area contributed by atoms with Crippen LogP contribution >= 0.6 is 0 Å². The first-order valence-electron chi connectivity index (χ1n) is 60.1. The Morgan fingerprint density at radius 1 is 0.361 bits per heavy atom. The fourth-order valence-corrected chi connectivity index (χ4v) is 42.3. The molecule has 758 valence electrons. The normalized spacial score (nSPS) is 27.5. The Labute approximate surface area is 845 Å². The van der Waals surface area contributed by atoms with Gasteiger partial charge >= 0.3 is 0 Å². The van der Waals surface area contributed by atoms with Gasteiger partial charge in [-0.25, -0.2) is 0 Å². The third-order valence-electron chi connectivity index (χ3n) is 45.4. The van der Waals surface area contributed by atoms with Crippen LogP contribution in [0.2, 0.25) is 181 Å². The molecule has 12 unspecified atom stereocenters. The van der Waals surface area contributed by atoms with Crippen molar-refractivity contribution in [1.29, 1.82) is 0 Å². The van der Waals surface area contributed by atoms with Crippen molar-refractivity contribution in [3.05, 3.63) is 57.6 Å². The van der Waals surface area contributed by atoms with E-state index in [4.69, 9.17) is 0 Å². The minimum absolute atomic E-state index is 0.424. The van der Waals surface area contributed by atoms with Crippen LogP contribution in [0.25, 0.3) is 0 Å². The molecular weight excluding hydrogens is 1620 g/mol. The summed E-state index contributed by atoms with van der Waals surface area (Å²) in [7, 11) is -1.67. The summed E-state index contributed by atoms with van der Waals surface area (Å²) in [4.78, 5) is 0. The van der Waals surface area contributed by atoms with E-state index in [9.17, 15) is 0 Å². The number of fused-ring (bicyclic) bond motifs is 6. The molecule has 2 aromatic carbocycles. The van der Waals surface area contributed by atoms with Gasteiger partial charge in [0.05, 0.1) is 0 Å². The van der Waals surface area contributed by atoms with Crippen molar-refractivity contribution in [3.8, 4) is 0 Å². The maximum absolute atomic E-state index is 2.64. The molecule has 6 bridgehead atoms. The number of hydrogen-bond acceptors (Lipinski definition) is 0. The molecule has 0 radical (unpaired) electrons. The lowest BCUT2D eigenvalue weighted by Gasteiger charge is -2.66. The van der Waals surface area contributed by atoms with Gasteiger partial charge in [-0.3, -0.25) is 0 Å². The molecule has 16 rings (SSSR count). The van der Waals surface area contributed by atoms with Gasteiger partial charge in [0.1, 0.15) is 52.9 Å². The number of aryl methyl sites for hydroxylation is 6. The lowest BCUT2D eigenvalue weighted by molar-refractivity contribution is -0.107. The van der Waals surface area contributed by atoms with Gasteiger partial charge in [-0.2, -0.15) is 0 Å². The molecule has 14 fully saturated rings. The summed E-state index contributed by atoms with van der Waals surface area (Å²) in [5.74, 6) is 22.1. The molecule has 133 heavy (non-hydrogen) atoms. The highest BCUT2D eigenvalue weighted by molar-refractivity contribution is 7.59. The van der Waals surface area contributed by atoms with Crippen molar-refractivity contribution >= 4 is 86.4 Å². The van der Waals surface area contributed by atoms with Crippen molar-refractivity contribution < 1.29 is 0 Å². The topological polar surface area (TPSA) is 0 Å². The fraction of sp³-hybridized carbons (Fsp3) is 0.902. The van der Waals surface area contributed by atoms with Crippen LogP contribution in [-0.2, 0) is 0 Å². The molecule has 14 aliphatic rings. The highest BCUT2D eigenvalue weighted by Crippen LogP contribution is 2.70. The summed E-state index contributed by atoms with van der Waals surface area (Å²) < 4.78 is 0. The number of hydrogen-bond donors (Lipinski definition) is 0. The minimum atomic E-state index is -0.834. The van der Waals surface area contributed by atoms with Gasteiger partial charge in [0.15, 0.2) is 0 Å². The molecule has 0 aromatic heterocycles. The number of rotatable bonds is 24. The zero-order valence-corrected chi connectivity index (χ0v) is 101. The minimum Gasteiger partial charge on any atom is -0.0901 e. The van der Waals surface area contributed by atoms with E-state index in [1.807, 2.05) is 0 Å². The molecule has 2 aliphatic heterocycles. The van der Waals surface area contributed by atoms with E-state index < -0.39 is 15.9 Å². The zero-order valence-electron chi connectivity index (χ0n) is 98.8. The van der Waals surface area contributed by atoms with Crippen molar-refractivity contribution in [2.75, 3.05) is 0 Å². The Kier molecular flexibility index (Phi) is 50.2. The quantitative estimate of drug-likeness (QED) is 0.0726. The lowest BCUT2D eigenvalue weighted by atomic mass is 9.21. The smallest absolute Gasteiger partial charge is 0.0901 e. The summed E-state index contributed by atoms with van der Waals surface area (Å²) >= 11 is 0. The molecule has 0 spiro atoms. The van der Waals surface area contributed by atoms with Gasteiger partial charge in [0.25, 0.3) is 0 Å². The van der Waals surface area contributed by atoms with Crippen LogP contribution in [0.1, 0.15) is 442 Å². The van der Waals surface area contributed by atoms with Gasteiger partial charge in [-0.15, -0.1) is 0 Å². The second-order valence-corrected chi connectivity index (χ2v) is 69.0. The molecule has 0 nitrogen and oxygen atoms in total. The SMILES string of the molecule is CB(C(C)(C)C(C)C)C(C)(C)C(C)C.CB(C1CC2CC(C1C)C2(C)C)C1CC2CC(C1C)C2(C)C.CB(C1CCCC1)C1CCCC1.CB(C1CCCCC1)C1CCCCC1.CB(C1CCCCC1C)C1CCCCC1C.CB([Si](C)(C)C)[Si](C)(C)C.CB(c1c(C)cc(C)cc1C)c1c(C)cc(C)cc1C.CB1C2CCCC1CCC2.CCCCCCCB(C)C(C)(C)C(C)C. The van der Waals surface area contributed by atoms with Crippen LogP contribution in [-0.4, -0.2) is 75.5 Å². The van der Waals surface area contributed by atoms with Gasteiger partial charge in [0, 0.05) is 15.9 Å². The summed E-state index contributed by atoms with van der Waals surface area (Å²) in [5, 5.41) is 1.35. The highest BCUT2D eigenvalue weighted by Gasteiger charge is 2.62. The standard InChI is InChI=1S/C21H37B.C19H25B.C15H29B.C14H31B.C13H25B.C13H29B.C11H21B.C9H17B.C7H21BSi2/c1-12-16-8-14(20(16,3)4)10-18(12)22(7)19-11-15-9-17(13(19)2)21(15,5)6;1-12-8-14(3)18(15(4)9-12)20(7)19-16(5)10-13(2)11-17(19)6;1-12-8-4-6-10-14(12)16(3)15-11-7-5-9-13(15)2;1-7-8-9-10-11-12-15(6)14(4,5)13(2)3;1-14(12-8-4-2-5-9-12)13-10-6-3-7-11-13;1-10(2)12(5,6)14(9)13(7,8)11(3)4;1-12(10-6-2-3-7-10)11-8-4-5-9-11;1-10-8-4-2-5-9(10)7-3-6-8;1-8(9(2,3)4)10(5,6)7/h12-19H,8-11H2,1-7H3;8-11H,1-7H3;12-15H,4-11H2,1-3H3;13H,7-12H2,1-6H3;12-13H,2-11H2,1H3;10-11H,1-9H3;10-11H,2-9H2,1H3;8-9H,2-7H2,1H3;1-7H3. The molecule has 2 aromatic rings. The maximum atomic E-state index is 2.64. The van der Waals surface area contributed by atoms with Crippen molar-refractivity contribution in [3.63, 3.8) is 0 Å². The van der Waals surface area contributed by atoms with E-state index in [2.05, 4.69) is 312 Å². The van der Waals surface area contributed by atoms with Crippen LogP contribution in [0.4, 0.5) is 0 Å². The lowest BCUT2D eigenvalue weighted by Crippen LogP contribution is -2.59. The first kappa shape index (κ1) is 121. The van der Waals surface area contributed by atoms with E-state index in [1.54, 1.807) is 0 Å². The average Bonchev–Trinajstić information content (AvgIpc) is 1.03. The molecule has 2 saturated heterocycles. The molecule has 12 atom stereocenters. The van der Waals surface area contributed by atoms with Crippen LogP contribution in [0.3, 0.4) is 0 Å². The van der Waals surface area contributed by atoms with Crippen LogP contribution < -0.4 is 10.9 Å². The van der Waals surface area contributed by atoms with Crippen LogP contribution in [0.15, 0.2) is 24.3 Å².